The van der Waals surface area contributed by atoms with Crippen LogP contribution in [0.5, 0.6) is 17.2 Å². The second-order valence-electron chi connectivity index (χ2n) is 5.83. The summed E-state index contributed by atoms with van der Waals surface area (Å²) in [5.41, 5.74) is 1.26. The fraction of sp³-hybridized carbons (Fsp3) is 0.158. The molecule has 0 bridgehead atoms. The van der Waals surface area contributed by atoms with E-state index < -0.39 is 5.76 Å². The number of hydrogen-bond acceptors (Lipinski definition) is 6. The van der Waals surface area contributed by atoms with Crippen LogP contribution in [0.25, 0.3) is 11.3 Å². The lowest BCUT2D eigenvalue weighted by Gasteiger charge is -2.06. The normalized spacial score (nSPS) is 12.0. The Bertz CT molecular complexity index is 1040. The number of benzene rings is 2. The minimum atomic E-state index is -0.610. The highest BCUT2D eigenvalue weighted by Crippen LogP contribution is 2.34. The van der Waals surface area contributed by atoms with Crippen LogP contribution in [0.3, 0.4) is 0 Å². The van der Waals surface area contributed by atoms with Crippen molar-refractivity contribution in [3.63, 3.8) is 0 Å². The Kier molecular flexibility index (Phi) is 4.29. The van der Waals surface area contributed by atoms with Gasteiger partial charge in [0.05, 0.1) is 13.3 Å². The van der Waals surface area contributed by atoms with Crippen LogP contribution in [0.15, 0.2) is 57.9 Å². The van der Waals surface area contributed by atoms with Crippen molar-refractivity contribution < 1.29 is 23.4 Å². The van der Waals surface area contributed by atoms with Gasteiger partial charge in [0.25, 0.3) is 0 Å². The zero-order valence-electron chi connectivity index (χ0n) is 14.4. The predicted octanol–water partition coefficient (Wildman–Crippen LogP) is 2.48. The molecule has 138 valence electrons. The molecule has 3 aromatic rings. The molecule has 2 heterocycles. The largest absolute Gasteiger partial charge is 0.497 e. The van der Waals surface area contributed by atoms with Crippen LogP contribution in [0.4, 0.5) is 5.69 Å². The van der Waals surface area contributed by atoms with Gasteiger partial charge in [-0.15, -0.1) is 0 Å². The summed E-state index contributed by atoms with van der Waals surface area (Å²) in [5, 5.41) is 2.72. The minimum Gasteiger partial charge on any atom is -0.497 e. The third kappa shape index (κ3) is 3.50. The highest BCUT2D eigenvalue weighted by Gasteiger charge is 2.15. The van der Waals surface area contributed by atoms with E-state index in [9.17, 15) is 9.59 Å². The number of nitrogens with one attached hydrogen (secondary N) is 1. The van der Waals surface area contributed by atoms with Crippen molar-refractivity contribution in [3.8, 4) is 28.6 Å². The van der Waals surface area contributed by atoms with Gasteiger partial charge >= 0.3 is 5.76 Å². The van der Waals surface area contributed by atoms with Crippen LogP contribution in [0.2, 0.25) is 0 Å². The summed E-state index contributed by atoms with van der Waals surface area (Å²) in [6, 6.07) is 12.2. The van der Waals surface area contributed by atoms with Crippen molar-refractivity contribution >= 4 is 11.6 Å². The Labute approximate surface area is 153 Å². The van der Waals surface area contributed by atoms with E-state index in [4.69, 9.17) is 18.6 Å². The van der Waals surface area contributed by atoms with E-state index >= 15 is 0 Å². The van der Waals surface area contributed by atoms with Crippen molar-refractivity contribution in [2.24, 2.45) is 0 Å². The molecule has 0 atom stereocenters. The first kappa shape index (κ1) is 16.8. The summed E-state index contributed by atoms with van der Waals surface area (Å²) >= 11 is 0. The first-order valence-electron chi connectivity index (χ1n) is 8.16. The Morgan fingerprint density at radius 3 is 2.70 bits per heavy atom. The number of oxazole rings is 1. The number of methoxy groups -OCH3 is 1. The first-order valence-corrected chi connectivity index (χ1v) is 8.16. The lowest BCUT2D eigenvalue weighted by atomic mass is 10.2. The molecule has 0 saturated carbocycles. The highest BCUT2D eigenvalue weighted by molar-refractivity contribution is 5.91. The molecule has 0 fully saturated rings. The van der Waals surface area contributed by atoms with Gasteiger partial charge in [-0.1, -0.05) is 0 Å². The number of anilines is 1. The fourth-order valence-corrected chi connectivity index (χ4v) is 2.70. The van der Waals surface area contributed by atoms with Crippen molar-refractivity contribution in [2.75, 3.05) is 19.2 Å². The molecule has 27 heavy (non-hydrogen) atoms. The average molecular weight is 368 g/mol. The van der Waals surface area contributed by atoms with Crippen molar-refractivity contribution in [1.82, 2.24) is 4.57 Å². The number of fused-ring (bicyclic) bond motifs is 1. The highest BCUT2D eigenvalue weighted by atomic mass is 16.7. The van der Waals surface area contributed by atoms with Crippen molar-refractivity contribution in [1.29, 1.82) is 0 Å². The van der Waals surface area contributed by atoms with Crippen LogP contribution in [0.1, 0.15) is 0 Å². The molecule has 0 saturated heterocycles. The van der Waals surface area contributed by atoms with Crippen LogP contribution in [-0.2, 0) is 11.3 Å². The lowest BCUT2D eigenvalue weighted by molar-refractivity contribution is -0.116. The van der Waals surface area contributed by atoms with Gasteiger partial charge in [-0.05, 0) is 36.4 Å². The van der Waals surface area contributed by atoms with E-state index in [2.05, 4.69) is 5.32 Å². The molecule has 2 aromatic carbocycles. The summed E-state index contributed by atoms with van der Waals surface area (Å²) < 4.78 is 22.1. The monoisotopic (exact) mass is 368 g/mol. The molecule has 8 nitrogen and oxygen atoms in total. The van der Waals surface area contributed by atoms with Gasteiger partial charge in [0.15, 0.2) is 17.3 Å². The number of rotatable bonds is 5. The molecule has 0 unspecified atom stereocenters. The van der Waals surface area contributed by atoms with Gasteiger partial charge in [-0.25, -0.2) is 4.79 Å². The molecule has 4 rings (SSSR count). The molecule has 1 N–H and O–H groups in total. The number of amides is 1. The quantitative estimate of drug-likeness (QED) is 0.744. The van der Waals surface area contributed by atoms with Crippen molar-refractivity contribution in [3.05, 3.63) is 59.2 Å². The molecule has 1 amide bonds. The van der Waals surface area contributed by atoms with Gasteiger partial charge in [0.1, 0.15) is 12.3 Å². The molecule has 0 spiro atoms. The molecular weight excluding hydrogens is 352 g/mol. The SMILES string of the molecule is COc1ccc(-c2cn(CC(=O)Nc3ccc4c(c3)OCO4)c(=O)o2)cc1. The van der Waals surface area contributed by atoms with E-state index in [0.717, 1.165) is 0 Å². The van der Waals surface area contributed by atoms with Gasteiger partial charge in [0, 0.05) is 17.3 Å². The van der Waals surface area contributed by atoms with Gasteiger partial charge in [-0.3, -0.25) is 9.36 Å². The Hall–Kier alpha value is -3.68. The number of carbonyl (C=O) groups excluding carboxylic acids is 1. The Balaban J connectivity index is 1.46. The Morgan fingerprint density at radius 1 is 1.15 bits per heavy atom. The molecule has 0 radical (unpaired) electrons. The van der Waals surface area contributed by atoms with Gasteiger partial charge < -0.3 is 23.9 Å². The number of hydrogen-bond donors (Lipinski definition) is 1. The van der Waals surface area contributed by atoms with Crippen molar-refractivity contribution in [2.45, 2.75) is 6.54 Å². The number of ether oxygens (including phenoxy) is 3. The molecule has 0 aliphatic carbocycles. The standard InChI is InChI=1S/C19H16N2O6/c1-24-14-5-2-12(3-6-14)17-9-21(19(23)27-17)10-18(22)20-13-4-7-15-16(8-13)26-11-25-15/h2-9H,10-11H2,1H3,(H,20,22). The summed E-state index contributed by atoms with van der Waals surface area (Å²) in [4.78, 5) is 24.3. The molecule has 1 aromatic heterocycles. The maximum Gasteiger partial charge on any atom is 0.419 e. The van der Waals surface area contributed by atoms with E-state index in [1.54, 1.807) is 49.6 Å². The van der Waals surface area contributed by atoms with E-state index in [1.807, 2.05) is 0 Å². The third-order valence-electron chi connectivity index (χ3n) is 4.05. The maximum absolute atomic E-state index is 12.3. The average Bonchev–Trinajstić information content (AvgIpc) is 3.28. The number of aromatic nitrogens is 1. The zero-order chi connectivity index (χ0) is 18.8. The smallest absolute Gasteiger partial charge is 0.419 e. The summed E-state index contributed by atoms with van der Waals surface area (Å²) in [6.45, 7) is -0.0157. The van der Waals surface area contributed by atoms with E-state index in [1.165, 1.54) is 10.8 Å². The topological polar surface area (TPSA) is 91.9 Å². The first-order chi connectivity index (χ1) is 13.1. The number of carbonyl (C=O) groups is 1. The maximum atomic E-state index is 12.3. The lowest BCUT2D eigenvalue weighted by Crippen LogP contribution is -2.24. The predicted molar refractivity (Wildman–Crippen MR) is 96.2 cm³/mol. The van der Waals surface area contributed by atoms with Crippen LogP contribution >= 0.6 is 0 Å². The third-order valence-corrected chi connectivity index (χ3v) is 4.05. The second kappa shape index (κ2) is 6.91. The fourth-order valence-electron chi connectivity index (χ4n) is 2.70. The molecular formula is C19H16N2O6. The molecule has 1 aliphatic heterocycles. The van der Waals surface area contributed by atoms with Crippen LogP contribution in [-0.4, -0.2) is 24.4 Å². The van der Waals surface area contributed by atoms with Gasteiger partial charge in [-0.2, -0.15) is 0 Å². The van der Waals surface area contributed by atoms with Gasteiger partial charge in [0.2, 0.25) is 12.7 Å². The van der Waals surface area contributed by atoms with Crippen LogP contribution < -0.4 is 25.3 Å². The Morgan fingerprint density at radius 2 is 1.93 bits per heavy atom. The van der Waals surface area contributed by atoms with E-state index in [-0.39, 0.29) is 19.2 Å². The summed E-state index contributed by atoms with van der Waals surface area (Å²) in [5.74, 6) is 1.29. The summed E-state index contributed by atoms with van der Waals surface area (Å²) in [7, 11) is 1.57. The summed E-state index contributed by atoms with van der Waals surface area (Å²) in [6.07, 6.45) is 1.50. The molecule has 8 heteroatoms. The zero-order valence-corrected chi connectivity index (χ0v) is 14.4. The number of nitrogens with zero attached hydrogens (tertiary/aromatic N) is 1. The second-order valence-corrected chi connectivity index (χ2v) is 5.83. The van der Waals surface area contributed by atoms with Crippen LogP contribution in [0, 0.1) is 0 Å². The van der Waals surface area contributed by atoms with E-state index in [0.29, 0.717) is 34.3 Å². The minimum absolute atomic E-state index is 0.158. The molecule has 1 aliphatic rings.